The largest absolute Gasteiger partial charge is 0.490 e. The van der Waals surface area contributed by atoms with E-state index in [4.69, 9.17) is 4.74 Å². The fourth-order valence-electron chi connectivity index (χ4n) is 2.82. The minimum absolute atomic E-state index is 0.149. The molecule has 1 saturated carbocycles. The number of rotatable bonds is 4. The zero-order chi connectivity index (χ0) is 13.2. The number of aryl methyl sites for hydroxylation is 2. The monoisotopic (exact) mass is 249 g/mol. The molecule has 0 aromatic heterocycles. The molecule has 1 fully saturated rings. The van der Waals surface area contributed by atoms with Crippen LogP contribution in [-0.4, -0.2) is 30.4 Å². The molecule has 0 bridgehead atoms. The number of aliphatic hydroxyl groups is 1. The quantitative estimate of drug-likeness (QED) is 0.859. The summed E-state index contributed by atoms with van der Waals surface area (Å²) >= 11 is 0. The third-order valence-electron chi connectivity index (χ3n) is 3.89. The van der Waals surface area contributed by atoms with Crippen LogP contribution in [0.1, 0.15) is 30.4 Å². The SMILES string of the molecule is CNC1(CO)CCC(Oc2cc(C)cc(C)c2)C1. The lowest BCUT2D eigenvalue weighted by Gasteiger charge is -2.26. The van der Waals surface area contributed by atoms with Crippen LogP contribution < -0.4 is 10.1 Å². The van der Waals surface area contributed by atoms with Crippen LogP contribution in [0.2, 0.25) is 0 Å². The minimum atomic E-state index is -0.149. The molecule has 3 heteroatoms. The van der Waals surface area contributed by atoms with Gasteiger partial charge in [-0.15, -0.1) is 0 Å². The molecule has 1 aliphatic rings. The molecule has 1 aromatic carbocycles. The van der Waals surface area contributed by atoms with Crippen molar-refractivity contribution in [3.8, 4) is 5.75 Å². The topological polar surface area (TPSA) is 41.5 Å². The molecular formula is C15H23NO2. The Labute approximate surface area is 109 Å². The average Bonchev–Trinajstić information content (AvgIpc) is 2.72. The summed E-state index contributed by atoms with van der Waals surface area (Å²) in [7, 11) is 1.91. The van der Waals surface area contributed by atoms with Crippen LogP contribution in [0, 0.1) is 13.8 Å². The van der Waals surface area contributed by atoms with Crippen LogP contribution in [0.25, 0.3) is 0 Å². The molecule has 2 N–H and O–H groups in total. The molecule has 2 atom stereocenters. The predicted octanol–water partition coefficient (Wildman–Crippen LogP) is 2.19. The summed E-state index contributed by atoms with van der Waals surface area (Å²) in [6.45, 7) is 4.34. The van der Waals surface area contributed by atoms with Crippen molar-refractivity contribution in [3.05, 3.63) is 29.3 Å². The maximum Gasteiger partial charge on any atom is 0.120 e. The third-order valence-corrected chi connectivity index (χ3v) is 3.89. The first kappa shape index (κ1) is 13.4. The smallest absolute Gasteiger partial charge is 0.120 e. The first-order chi connectivity index (χ1) is 8.57. The average molecular weight is 249 g/mol. The van der Waals surface area contributed by atoms with Crippen molar-refractivity contribution in [3.63, 3.8) is 0 Å². The van der Waals surface area contributed by atoms with E-state index in [1.165, 1.54) is 11.1 Å². The Morgan fingerprint density at radius 2 is 2.00 bits per heavy atom. The van der Waals surface area contributed by atoms with E-state index in [-0.39, 0.29) is 18.2 Å². The van der Waals surface area contributed by atoms with Gasteiger partial charge in [-0.05, 0) is 57.0 Å². The molecule has 3 nitrogen and oxygen atoms in total. The molecule has 1 aliphatic carbocycles. The number of hydrogen-bond acceptors (Lipinski definition) is 3. The standard InChI is InChI=1S/C15H23NO2/c1-11-6-12(2)8-14(7-11)18-13-4-5-15(9-13,10-17)16-3/h6-8,13,16-17H,4-5,9-10H2,1-3H3. The number of aliphatic hydroxyl groups excluding tert-OH is 1. The normalized spacial score (nSPS) is 27.4. The molecule has 0 heterocycles. The van der Waals surface area contributed by atoms with Gasteiger partial charge in [-0.3, -0.25) is 0 Å². The zero-order valence-corrected chi connectivity index (χ0v) is 11.5. The molecule has 0 spiro atoms. The number of benzene rings is 1. The summed E-state index contributed by atoms with van der Waals surface area (Å²) in [6, 6.07) is 6.30. The van der Waals surface area contributed by atoms with Crippen LogP contribution in [0.5, 0.6) is 5.75 Å². The molecule has 18 heavy (non-hydrogen) atoms. The number of hydrogen-bond donors (Lipinski definition) is 2. The van der Waals surface area contributed by atoms with E-state index in [9.17, 15) is 5.11 Å². The number of likely N-dealkylation sites (N-methyl/N-ethyl adjacent to an activating group) is 1. The van der Waals surface area contributed by atoms with Crippen molar-refractivity contribution < 1.29 is 9.84 Å². The van der Waals surface area contributed by atoms with Crippen LogP contribution in [0.4, 0.5) is 0 Å². The van der Waals surface area contributed by atoms with Gasteiger partial charge in [0.15, 0.2) is 0 Å². The molecule has 100 valence electrons. The van der Waals surface area contributed by atoms with Gasteiger partial charge in [-0.25, -0.2) is 0 Å². The van der Waals surface area contributed by atoms with Gasteiger partial charge in [-0.2, -0.15) is 0 Å². The maximum atomic E-state index is 9.47. The molecular weight excluding hydrogens is 226 g/mol. The van der Waals surface area contributed by atoms with Gasteiger partial charge in [0.1, 0.15) is 11.9 Å². The minimum Gasteiger partial charge on any atom is -0.490 e. The van der Waals surface area contributed by atoms with Crippen molar-refractivity contribution in [2.75, 3.05) is 13.7 Å². The summed E-state index contributed by atoms with van der Waals surface area (Å²) in [4.78, 5) is 0. The summed E-state index contributed by atoms with van der Waals surface area (Å²) in [5.74, 6) is 0.947. The van der Waals surface area contributed by atoms with Gasteiger partial charge < -0.3 is 15.2 Å². The molecule has 0 amide bonds. The van der Waals surface area contributed by atoms with Crippen LogP contribution in [0.15, 0.2) is 18.2 Å². The maximum absolute atomic E-state index is 9.47. The highest BCUT2D eigenvalue weighted by atomic mass is 16.5. The lowest BCUT2D eigenvalue weighted by molar-refractivity contribution is 0.146. The fraction of sp³-hybridized carbons (Fsp3) is 0.600. The molecule has 2 rings (SSSR count). The van der Waals surface area contributed by atoms with Crippen LogP contribution in [-0.2, 0) is 0 Å². The van der Waals surface area contributed by atoms with E-state index in [1.54, 1.807) is 0 Å². The van der Waals surface area contributed by atoms with Gasteiger partial charge >= 0.3 is 0 Å². The Morgan fingerprint density at radius 3 is 2.50 bits per heavy atom. The summed E-state index contributed by atoms with van der Waals surface area (Å²) in [6.07, 6.45) is 3.03. The lowest BCUT2D eigenvalue weighted by Crippen LogP contribution is -2.44. The van der Waals surface area contributed by atoms with Crippen molar-refractivity contribution in [2.45, 2.75) is 44.8 Å². The van der Waals surface area contributed by atoms with E-state index >= 15 is 0 Å². The second kappa shape index (κ2) is 5.29. The van der Waals surface area contributed by atoms with E-state index in [1.807, 2.05) is 7.05 Å². The second-order valence-electron chi connectivity index (χ2n) is 5.49. The summed E-state index contributed by atoms with van der Waals surface area (Å²) in [5.41, 5.74) is 2.30. The first-order valence-corrected chi connectivity index (χ1v) is 6.62. The summed E-state index contributed by atoms with van der Waals surface area (Å²) < 4.78 is 6.04. The van der Waals surface area contributed by atoms with Crippen LogP contribution in [0.3, 0.4) is 0 Å². The lowest BCUT2D eigenvalue weighted by atomic mass is 9.99. The number of ether oxygens (including phenoxy) is 1. The van der Waals surface area contributed by atoms with E-state index in [2.05, 4.69) is 37.4 Å². The zero-order valence-electron chi connectivity index (χ0n) is 11.5. The van der Waals surface area contributed by atoms with Gasteiger partial charge in [-0.1, -0.05) is 6.07 Å². The Morgan fingerprint density at radius 1 is 1.33 bits per heavy atom. The second-order valence-corrected chi connectivity index (χ2v) is 5.49. The van der Waals surface area contributed by atoms with Crippen molar-refractivity contribution >= 4 is 0 Å². The molecule has 0 radical (unpaired) electrons. The highest BCUT2D eigenvalue weighted by molar-refractivity contribution is 5.33. The molecule has 0 aliphatic heterocycles. The Hall–Kier alpha value is -1.06. The highest BCUT2D eigenvalue weighted by Crippen LogP contribution is 2.32. The predicted molar refractivity (Wildman–Crippen MR) is 73.1 cm³/mol. The summed E-state index contributed by atoms with van der Waals surface area (Å²) in [5, 5.41) is 12.7. The Balaban J connectivity index is 2.03. The molecule has 0 saturated heterocycles. The van der Waals surface area contributed by atoms with Gasteiger partial charge in [0, 0.05) is 12.0 Å². The Bertz CT molecular complexity index is 393. The molecule has 2 unspecified atom stereocenters. The highest BCUT2D eigenvalue weighted by Gasteiger charge is 2.38. The van der Waals surface area contributed by atoms with Gasteiger partial charge in [0.25, 0.3) is 0 Å². The fourth-order valence-corrected chi connectivity index (χ4v) is 2.82. The first-order valence-electron chi connectivity index (χ1n) is 6.62. The van der Waals surface area contributed by atoms with E-state index < -0.39 is 0 Å². The third kappa shape index (κ3) is 2.85. The molecule has 1 aromatic rings. The van der Waals surface area contributed by atoms with Gasteiger partial charge in [0.2, 0.25) is 0 Å². The Kier molecular flexibility index (Phi) is 3.93. The van der Waals surface area contributed by atoms with Crippen molar-refractivity contribution in [1.29, 1.82) is 0 Å². The van der Waals surface area contributed by atoms with Crippen molar-refractivity contribution in [1.82, 2.24) is 5.32 Å². The number of nitrogens with one attached hydrogen (secondary N) is 1. The van der Waals surface area contributed by atoms with Crippen LogP contribution >= 0.6 is 0 Å². The van der Waals surface area contributed by atoms with E-state index in [0.29, 0.717) is 0 Å². The van der Waals surface area contributed by atoms with Crippen molar-refractivity contribution in [2.24, 2.45) is 0 Å². The van der Waals surface area contributed by atoms with Gasteiger partial charge in [0.05, 0.1) is 6.61 Å². The van der Waals surface area contributed by atoms with E-state index in [0.717, 1.165) is 25.0 Å².